The van der Waals surface area contributed by atoms with E-state index in [2.05, 4.69) is 13.5 Å². The van der Waals surface area contributed by atoms with Gasteiger partial charge in [0.05, 0.1) is 10.5 Å². The van der Waals surface area contributed by atoms with Gasteiger partial charge in [0, 0.05) is 6.42 Å². The zero-order chi connectivity index (χ0) is 12.9. The molecule has 0 unspecified atom stereocenters. The van der Waals surface area contributed by atoms with E-state index < -0.39 is 5.60 Å². The molecule has 0 aromatic carbocycles. The van der Waals surface area contributed by atoms with Crippen LogP contribution in [0.3, 0.4) is 0 Å². The van der Waals surface area contributed by atoms with Crippen molar-refractivity contribution in [3.63, 3.8) is 0 Å². The molecule has 0 bridgehead atoms. The van der Waals surface area contributed by atoms with Crippen molar-refractivity contribution in [3.05, 3.63) is 12.7 Å². The molecule has 1 saturated heterocycles. The average molecular weight is 274 g/mol. The molecule has 4 heteroatoms. The smallest absolute Gasteiger partial charge is 0.310 e. The highest BCUT2D eigenvalue weighted by molar-refractivity contribution is 8.18. The number of hydrogen-bond donors (Lipinski definition) is 0. The summed E-state index contributed by atoms with van der Waals surface area (Å²) >= 11 is 3.97. The third-order valence-corrected chi connectivity index (χ3v) is 5.75. The Bertz CT molecular complexity index is 281. The van der Waals surface area contributed by atoms with Gasteiger partial charge in [-0.3, -0.25) is 4.79 Å². The van der Waals surface area contributed by atoms with Crippen LogP contribution in [0.4, 0.5) is 0 Å². The molecule has 2 nitrogen and oxygen atoms in total. The van der Waals surface area contributed by atoms with E-state index in [1.165, 1.54) is 17.9 Å². The zero-order valence-electron chi connectivity index (χ0n) is 11.0. The van der Waals surface area contributed by atoms with Crippen molar-refractivity contribution in [3.8, 4) is 0 Å². The first-order valence-corrected chi connectivity index (χ1v) is 7.95. The predicted octanol–water partition coefficient (Wildman–Crippen LogP) is 3.86. The summed E-state index contributed by atoms with van der Waals surface area (Å²) in [6.07, 6.45) is 4.05. The van der Waals surface area contributed by atoms with Gasteiger partial charge in [-0.15, -0.1) is 30.1 Å². The SMILES string of the molecule is C=CCC(=O)OC(C)(C)CC1(C)SCCCS1. The molecule has 1 aliphatic rings. The molecule has 0 N–H and O–H groups in total. The van der Waals surface area contributed by atoms with E-state index in [0.717, 1.165) is 6.42 Å². The van der Waals surface area contributed by atoms with E-state index in [-0.39, 0.29) is 10.0 Å². The van der Waals surface area contributed by atoms with Gasteiger partial charge in [-0.1, -0.05) is 6.08 Å². The Hall–Kier alpha value is -0.0900. The highest BCUT2D eigenvalue weighted by Gasteiger charge is 2.37. The molecule has 0 aromatic heterocycles. The number of esters is 1. The lowest BCUT2D eigenvalue weighted by Crippen LogP contribution is -2.36. The Kier molecular flexibility index (Phi) is 5.45. The second kappa shape index (κ2) is 6.19. The number of ether oxygens (including phenoxy) is 1. The third-order valence-electron chi connectivity index (χ3n) is 2.55. The van der Waals surface area contributed by atoms with Gasteiger partial charge in [-0.25, -0.2) is 0 Å². The van der Waals surface area contributed by atoms with Crippen LogP contribution in [0.1, 0.15) is 40.0 Å². The Morgan fingerprint density at radius 3 is 2.59 bits per heavy atom. The molecule has 0 radical (unpaired) electrons. The van der Waals surface area contributed by atoms with Crippen LogP contribution in [0, 0.1) is 0 Å². The van der Waals surface area contributed by atoms with Crippen LogP contribution in [0.2, 0.25) is 0 Å². The molecule has 0 amide bonds. The fourth-order valence-corrected chi connectivity index (χ4v) is 5.41. The first-order valence-electron chi connectivity index (χ1n) is 5.98. The molecule has 1 heterocycles. The maximum atomic E-state index is 11.5. The Balaban J connectivity index is 2.52. The summed E-state index contributed by atoms with van der Waals surface area (Å²) < 4.78 is 5.69. The number of carbonyl (C=O) groups excluding carboxylic acids is 1. The van der Waals surface area contributed by atoms with Crippen molar-refractivity contribution in [2.45, 2.75) is 49.7 Å². The first kappa shape index (κ1) is 15.0. The highest BCUT2D eigenvalue weighted by atomic mass is 32.2. The van der Waals surface area contributed by atoms with Gasteiger partial charge in [0.25, 0.3) is 0 Å². The summed E-state index contributed by atoms with van der Waals surface area (Å²) in [4.78, 5) is 11.5. The molecule has 1 fully saturated rings. The molecule has 1 aliphatic heterocycles. The lowest BCUT2D eigenvalue weighted by atomic mass is 10.0. The van der Waals surface area contributed by atoms with Gasteiger partial charge in [-0.05, 0) is 38.7 Å². The van der Waals surface area contributed by atoms with Crippen molar-refractivity contribution >= 4 is 29.5 Å². The lowest BCUT2D eigenvalue weighted by molar-refractivity contribution is -0.155. The van der Waals surface area contributed by atoms with Crippen molar-refractivity contribution in [2.24, 2.45) is 0 Å². The summed E-state index contributed by atoms with van der Waals surface area (Å²) in [7, 11) is 0. The Morgan fingerprint density at radius 2 is 2.06 bits per heavy atom. The lowest BCUT2D eigenvalue weighted by Gasteiger charge is -2.38. The summed E-state index contributed by atoms with van der Waals surface area (Å²) in [6.45, 7) is 9.80. The van der Waals surface area contributed by atoms with E-state index in [1.807, 2.05) is 37.4 Å². The number of rotatable bonds is 5. The molecule has 1 rings (SSSR count). The van der Waals surface area contributed by atoms with Gasteiger partial charge < -0.3 is 4.74 Å². The standard InChI is InChI=1S/C13H22O2S2/c1-5-7-11(14)15-12(2,3)10-13(4)16-8-6-9-17-13/h5H,1,6-10H2,2-4H3. The fraction of sp³-hybridized carbons (Fsp3) is 0.769. The average Bonchev–Trinajstić information content (AvgIpc) is 2.15. The van der Waals surface area contributed by atoms with E-state index in [4.69, 9.17) is 4.74 Å². The Labute approximate surface area is 113 Å². The van der Waals surface area contributed by atoms with Gasteiger partial charge in [0.2, 0.25) is 0 Å². The summed E-state index contributed by atoms with van der Waals surface area (Å²) in [5.74, 6) is 2.24. The van der Waals surface area contributed by atoms with Crippen molar-refractivity contribution in [1.29, 1.82) is 0 Å². The second-order valence-electron chi connectivity index (χ2n) is 5.09. The largest absolute Gasteiger partial charge is 0.459 e. The van der Waals surface area contributed by atoms with Crippen LogP contribution in [0.5, 0.6) is 0 Å². The highest BCUT2D eigenvalue weighted by Crippen LogP contribution is 2.47. The maximum absolute atomic E-state index is 11.5. The predicted molar refractivity (Wildman–Crippen MR) is 77.5 cm³/mol. The quantitative estimate of drug-likeness (QED) is 0.562. The van der Waals surface area contributed by atoms with Gasteiger partial charge in [0.1, 0.15) is 5.60 Å². The van der Waals surface area contributed by atoms with E-state index in [0.29, 0.717) is 6.42 Å². The van der Waals surface area contributed by atoms with E-state index in [1.54, 1.807) is 6.08 Å². The topological polar surface area (TPSA) is 26.3 Å². The minimum Gasteiger partial charge on any atom is -0.459 e. The van der Waals surface area contributed by atoms with Gasteiger partial charge in [0.15, 0.2) is 0 Å². The molecule has 98 valence electrons. The van der Waals surface area contributed by atoms with Crippen molar-refractivity contribution in [2.75, 3.05) is 11.5 Å². The van der Waals surface area contributed by atoms with Gasteiger partial charge in [-0.2, -0.15) is 0 Å². The van der Waals surface area contributed by atoms with Crippen LogP contribution < -0.4 is 0 Å². The summed E-state index contributed by atoms with van der Waals surface area (Å²) in [5, 5.41) is 0. The number of carbonyl (C=O) groups is 1. The maximum Gasteiger partial charge on any atom is 0.310 e. The van der Waals surface area contributed by atoms with Crippen LogP contribution in [0.15, 0.2) is 12.7 Å². The summed E-state index contributed by atoms with van der Waals surface area (Å²) in [5.41, 5.74) is -0.397. The van der Waals surface area contributed by atoms with Crippen LogP contribution in [0.25, 0.3) is 0 Å². The van der Waals surface area contributed by atoms with Crippen LogP contribution in [-0.4, -0.2) is 27.2 Å². The molecule has 17 heavy (non-hydrogen) atoms. The van der Waals surface area contributed by atoms with Crippen LogP contribution in [-0.2, 0) is 9.53 Å². The number of thioether (sulfide) groups is 2. The minimum absolute atomic E-state index is 0.177. The molecule has 0 aromatic rings. The molecular formula is C13H22O2S2. The number of hydrogen-bond acceptors (Lipinski definition) is 4. The normalized spacial score (nSPS) is 19.7. The van der Waals surface area contributed by atoms with Gasteiger partial charge >= 0.3 is 5.97 Å². The Morgan fingerprint density at radius 1 is 1.47 bits per heavy atom. The summed E-state index contributed by atoms with van der Waals surface area (Å²) in [6, 6.07) is 0. The third kappa shape index (κ3) is 5.38. The molecular weight excluding hydrogens is 252 g/mol. The van der Waals surface area contributed by atoms with E-state index in [9.17, 15) is 4.79 Å². The van der Waals surface area contributed by atoms with Crippen LogP contribution >= 0.6 is 23.5 Å². The second-order valence-corrected chi connectivity index (χ2v) is 8.54. The van der Waals surface area contributed by atoms with Crippen molar-refractivity contribution in [1.82, 2.24) is 0 Å². The molecule has 0 spiro atoms. The molecule has 0 atom stereocenters. The minimum atomic E-state index is -0.397. The zero-order valence-corrected chi connectivity index (χ0v) is 12.6. The fourth-order valence-electron chi connectivity index (χ4n) is 2.06. The monoisotopic (exact) mass is 274 g/mol. The van der Waals surface area contributed by atoms with Crippen molar-refractivity contribution < 1.29 is 9.53 Å². The first-order chi connectivity index (χ1) is 7.87. The molecule has 0 aliphatic carbocycles. The van der Waals surface area contributed by atoms with E-state index >= 15 is 0 Å². The molecule has 0 saturated carbocycles.